The van der Waals surface area contributed by atoms with E-state index < -0.39 is 124 Å². The third-order valence-electron chi connectivity index (χ3n) is 6.90. The van der Waals surface area contributed by atoms with Crippen molar-refractivity contribution in [2.24, 2.45) is 0 Å². The van der Waals surface area contributed by atoms with Gasteiger partial charge in [0, 0.05) is 13.8 Å². The molecule has 3 saturated heterocycles. The molecule has 3 aliphatic heterocycles. The molecule has 0 bridgehead atoms. The zero-order chi connectivity index (χ0) is 29.9. The minimum Gasteiger partial charge on any atom is -0.394 e. The van der Waals surface area contributed by atoms with E-state index in [1.54, 1.807) is 0 Å². The van der Waals surface area contributed by atoms with Crippen LogP contribution in [-0.2, 0) is 33.3 Å². The van der Waals surface area contributed by atoms with Crippen molar-refractivity contribution in [3.8, 4) is 0 Å². The Labute approximate surface area is 228 Å². The number of hydrogen-bond acceptors (Lipinski definition) is 16. The highest BCUT2D eigenvalue weighted by molar-refractivity contribution is 5.73. The number of aliphatic hydroxyl groups is 9. The van der Waals surface area contributed by atoms with Crippen LogP contribution in [0.15, 0.2) is 0 Å². The highest BCUT2D eigenvalue weighted by atomic mass is 16.8. The lowest BCUT2D eigenvalue weighted by Crippen LogP contribution is -2.69. The fourth-order valence-corrected chi connectivity index (χ4v) is 4.84. The topological polar surface area (TPSA) is 286 Å². The number of hydrogen-bond donors (Lipinski definition) is 11. The second kappa shape index (κ2) is 14.0. The van der Waals surface area contributed by atoms with Crippen LogP contribution in [0, 0.1) is 0 Å². The van der Waals surface area contributed by atoms with Crippen LogP contribution in [0.5, 0.6) is 0 Å². The fraction of sp³-hybridized carbons (Fsp3) is 0.909. The fourth-order valence-electron chi connectivity index (χ4n) is 4.84. The van der Waals surface area contributed by atoms with Crippen molar-refractivity contribution in [1.29, 1.82) is 0 Å². The Bertz CT molecular complexity index is 854. The maximum absolute atomic E-state index is 11.8. The van der Waals surface area contributed by atoms with E-state index in [1.165, 1.54) is 0 Å². The Morgan fingerprint density at radius 1 is 0.600 bits per heavy atom. The van der Waals surface area contributed by atoms with Gasteiger partial charge in [0.2, 0.25) is 11.8 Å². The molecular formula is C22H38N2O16. The first kappa shape index (κ1) is 32.9. The highest BCUT2D eigenvalue weighted by Crippen LogP contribution is 2.32. The number of nitrogens with one attached hydrogen (secondary N) is 2. The Morgan fingerprint density at radius 2 is 1.05 bits per heavy atom. The maximum atomic E-state index is 11.8. The molecule has 0 saturated carbocycles. The molecule has 0 spiro atoms. The molecule has 3 heterocycles. The molecule has 3 aliphatic rings. The minimum absolute atomic E-state index is 0.659. The molecule has 0 aromatic heterocycles. The van der Waals surface area contributed by atoms with Gasteiger partial charge in [0.1, 0.15) is 73.1 Å². The van der Waals surface area contributed by atoms with Gasteiger partial charge >= 0.3 is 0 Å². The second-order valence-electron chi connectivity index (χ2n) is 9.81. The maximum Gasteiger partial charge on any atom is 0.217 e. The van der Waals surface area contributed by atoms with Gasteiger partial charge in [-0.1, -0.05) is 0 Å². The van der Waals surface area contributed by atoms with Crippen LogP contribution in [0.3, 0.4) is 0 Å². The lowest BCUT2D eigenvalue weighted by atomic mass is 9.94. The van der Waals surface area contributed by atoms with Crippen LogP contribution in [0.4, 0.5) is 0 Å². The van der Waals surface area contributed by atoms with Gasteiger partial charge in [-0.05, 0) is 0 Å². The zero-order valence-corrected chi connectivity index (χ0v) is 21.7. The summed E-state index contributed by atoms with van der Waals surface area (Å²) < 4.78 is 27.8. The number of amides is 2. The third-order valence-corrected chi connectivity index (χ3v) is 6.90. The molecular weight excluding hydrogens is 548 g/mol. The van der Waals surface area contributed by atoms with E-state index in [0.717, 1.165) is 13.8 Å². The second-order valence-corrected chi connectivity index (χ2v) is 9.81. The van der Waals surface area contributed by atoms with Crippen LogP contribution in [0.25, 0.3) is 0 Å². The monoisotopic (exact) mass is 586 g/mol. The SMILES string of the molecule is CC(=O)N[C@@H]1[C@@H](O[C@@H]2O[C@H](CO)[C@H](O)[C@H](O)[C@H]2O[C@@H]2O[C@H](CO)[C@@H](O)[C@H](O)[C@H]2NC(C)=O)[C@@H](O)[C@@H](CO)O[C@@H]1O. The van der Waals surface area contributed by atoms with E-state index in [2.05, 4.69) is 10.6 Å². The third kappa shape index (κ3) is 7.05. The molecule has 40 heavy (non-hydrogen) atoms. The molecule has 0 radical (unpaired) electrons. The Hall–Kier alpha value is -1.62. The van der Waals surface area contributed by atoms with Crippen molar-refractivity contribution in [3.63, 3.8) is 0 Å². The first-order valence-electron chi connectivity index (χ1n) is 12.6. The summed E-state index contributed by atoms with van der Waals surface area (Å²) in [6.45, 7) is -0.153. The largest absolute Gasteiger partial charge is 0.394 e. The molecule has 0 aromatic carbocycles. The van der Waals surface area contributed by atoms with Gasteiger partial charge in [-0.3, -0.25) is 9.59 Å². The van der Waals surface area contributed by atoms with Gasteiger partial charge < -0.3 is 80.3 Å². The quantitative estimate of drug-likeness (QED) is 0.120. The van der Waals surface area contributed by atoms with Gasteiger partial charge in [-0.25, -0.2) is 0 Å². The van der Waals surface area contributed by atoms with Gasteiger partial charge in [0.05, 0.1) is 19.8 Å². The van der Waals surface area contributed by atoms with Gasteiger partial charge in [-0.15, -0.1) is 0 Å². The summed E-state index contributed by atoms with van der Waals surface area (Å²) in [7, 11) is 0. The summed E-state index contributed by atoms with van der Waals surface area (Å²) in [6.07, 6.45) is -21.6. The van der Waals surface area contributed by atoms with Gasteiger partial charge in [0.25, 0.3) is 0 Å². The molecule has 15 atom stereocenters. The number of ether oxygens (including phenoxy) is 5. The number of rotatable bonds is 9. The average molecular weight is 587 g/mol. The van der Waals surface area contributed by atoms with E-state index in [1.807, 2.05) is 0 Å². The lowest BCUT2D eigenvalue weighted by molar-refractivity contribution is -0.373. The van der Waals surface area contributed by atoms with Crippen molar-refractivity contribution >= 4 is 11.8 Å². The van der Waals surface area contributed by atoms with Crippen molar-refractivity contribution in [2.75, 3.05) is 19.8 Å². The first-order valence-corrected chi connectivity index (χ1v) is 12.6. The molecule has 3 fully saturated rings. The van der Waals surface area contributed by atoms with Crippen molar-refractivity contribution in [2.45, 2.75) is 106 Å². The Balaban J connectivity index is 1.95. The van der Waals surface area contributed by atoms with Crippen LogP contribution >= 0.6 is 0 Å². The van der Waals surface area contributed by atoms with E-state index in [0.29, 0.717) is 0 Å². The normalized spacial score (nSPS) is 46.0. The first-order chi connectivity index (χ1) is 18.8. The summed E-state index contributed by atoms with van der Waals surface area (Å²) in [5, 5.41) is 96.9. The molecule has 11 N–H and O–H groups in total. The summed E-state index contributed by atoms with van der Waals surface area (Å²) in [5.41, 5.74) is 0. The number of carbonyl (C=O) groups is 2. The van der Waals surface area contributed by atoms with Crippen LogP contribution in [0.2, 0.25) is 0 Å². The van der Waals surface area contributed by atoms with E-state index in [-0.39, 0.29) is 0 Å². The van der Waals surface area contributed by atoms with Gasteiger partial charge in [-0.2, -0.15) is 0 Å². The molecule has 0 unspecified atom stereocenters. The lowest BCUT2D eigenvalue weighted by Gasteiger charge is -2.49. The highest BCUT2D eigenvalue weighted by Gasteiger charge is 2.54. The summed E-state index contributed by atoms with van der Waals surface area (Å²) in [6, 6.07) is -2.90. The molecule has 18 nitrogen and oxygen atoms in total. The van der Waals surface area contributed by atoms with Crippen molar-refractivity contribution in [3.05, 3.63) is 0 Å². The molecule has 232 valence electrons. The Kier molecular flexibility index (Phi) is 11.5. The van der Waals surface area contributed by atoms with E-state index in [4.69, 9.17) is 23.7 Å². The summed E-state index contributed by atoms with van der Waals surface area (Å²) in [4.78, 5) is 23.6. The standard InChI is InChI=1S/C22H38N2O16/c1-6(28)23-11-16(33)13(30)8(3-25)37-21(11)40-19-17(34)14(31)9(4-26)38-22(19)39-18-12(24-7(2)29)20(35)36-10(5-27)15(18)32/h8-22,25-27,30-35H,3-5H2,1-2H3,(H,23,28)(H,24,29)/t8-,9-,10-,11-,12-,13-,14+,15+,16-,17+,18-,19-,20+,21+,22+/m1/s1. The smallest absolute Gasteiger partial charge is 0.217 e. The average Bonchev–Trinajstić information content (AvgIpc) is 2.90. The number of aliphatic hydroxyl groups excluding tert-OH is 9. The van der Waals surface area contributed by atoms with Gasteiger partial charge in [0.15, 0.2) is 18.9 Å². The zero-order valence-electron chi connectivity index (χ0n) is 21.7. The van der Waals surface area contributed by atoms with Crippen LogP contribution in [-0.4, -0.2) is 170 Å². The predicted octanol–water partition coefficient (Wildman–Crippen LogP) is -7.29. The van der Waals surface area contributed by atoms with Crippen molar-refractivity contribution < 1.29 is 79.2 Å². The molecule has 0 aromatic rings. The van der Waals surface area contributed by atoms with Crippen LogP contribution < -0.4 is 10.6 Å². The Morgan fingerprint density at radius 3 is 1.57 bits per heavy atom. The minimum atomic E-state index is -1.90. The van der Waals surface area contributed by atoms with Crippen molar-refractivity contribution in [1.82, 2.24) is 10.6 Å². The molecule has 0 aliphatic carbocycles. The van der Waals surface area contributed by atoms with E-state index in [9.17, 15) is 55.5 Å². The van der Waals surface area contributed by atoms with E-state index >= 15 is 0 Å². The summed E-state index contributed by atoms with van der Waals surface area (Å²) >= 11 is 0. The summed E-state index contributed by atoms with van der Waals surface area (Å²) in [5.74, 6) is -1.33. The molecule has 2 amide bonds. The molecule has 18 heteroatoms. The number of carbonyl (C=O) groups excluding carboxylic acids is 2. The van der Waals surface area contributed by atoms with Crippen LogP contribution in [0.1, 0.15) is 13.8 Å². The molecule has 3 rings (SSSR count). The predicted molar refractivity (Wildman–Crippen MR) is 124 cm³/mol.